The van der Waals surface area contributed by atoms with E-state index in [-0.39, 0.29) is 11.8 Å². The van der Waals surface area contributed by atoms with E-state index in [1.807, 2.05) is 42.5 Å². The first kappa shape index (κ1) is 13.2. The van der Waals surface area contributed by atoms with Crippen molar-refractivity contribution >= 4 is 5.69 Å². The number of rotatable bonds is 4. The normalized spacial score (nSPS) is 12.0. The highest BCUT2D eigenvalue weighted by molar-refractivity contribution is 5.62. The van der Waals surface area contributed by atoms with Gasteiger partial charge in [-0.05, 0) is 48.4 Å². The van der Waals surface area contributed by atoms with E-state index in [9.17, 15) is 5.11 Å². The molecule has 3 rings (SSSR count). The fourth-order valence-electron chi connectivity index (χ4n) is 2.29. The molecule has 0 aliphatic rings. The van der Waals surface area contributed by atoms with Gasteiger partial charge in [0, 0.05) is 17.9 Å². The fraction of sp³-hybridized carbons (Fsp3) is 0.118. The summed E-state index contributed by atoms with van der Waals surface area (Å²) >= 11 is 0. The highest BCUT2D eigenvalue weighted by atomic mass is 16.3. The van der Waals surface area contributed by atoms with Crippen LogP contribution in [-0.2, 0) is 0 Å². The Labute approximate surface area is 123 Å². The Morgan fingerprint density at radius 1 is 1.10 bits per heavy atom. The van der Waals surface area contributed by atoms with Gasteiger partial charge in [-0.3, -0.25) is 5.10 Å². The van der Waals surface area contributed by atoms with Gasteiger partial charge in [0.25, 0.3) is 0 Å². The van der Waals surface area contributed by atoms with Crippen LogP contribution in [0.25, 0.3) is 11.3 Å². The van der Waals surface area contributed by atoms with Crippen LogP contribution in [0.3, 0.4) is 0 Å². The number of benzene rings is 2. The maximum Gasteiger partial charge on any atom is 0.115 e. The lowest BCUT2D eigenvalue weighted by Gasteiger charge is -2.16. The Kier molecular flexibility index (Phi) is 3.60. The van der Waals surface area contributed by atoms with Crippen molar-refractivity contribution in [3.63, 3.8) is 0 Å². The molecule has 0 aliphatic carbocycles. The highest BCUT2D eigenvalue weighted by Gasteiger charge is 2.06. The molecule has 3 aromatic rings. The second-order valence-electron chi connectivity index (χ2n) is 5.01. The van der Waals surface area contributed by atoms with Crippen LogP contribution < -0.4 is 5.32 Å². The van der Waals surface area contributed by atoms with Crippen molar-refractivity contribution in [3.05, 3.63) is 66.4 Å². The molecule has 0 aliphatic heterocycles. The molecule has 1 aromatic heterocycles. The molecule has 4 nitrogen and oxygen atoms in total. The second-order valence-corrected chi connectivity index (χ2v) is 5.01. The monoisotopic (exact) mass is 279 g/mol. The van der Waals surface area contributed by atoms with Crippen molar-refractivity contribution in [2.75, 3.05) is 5.32 Å². The average molecular weight is 279 g/mol. The summed E-state index contributed by atoms with van der Waals surface area (Å²) in [6, 6.07) is 17.5. The van der Waals surface area contributed by atoms with Crippen LogP contribution in [0.4, 0.5) is 5.69 Å². The van der Waals surface area contributed by atoms with Crippen molar-refractivity contribution < 1.29 is 5.11 Å². The number of aromatic amines is 1. The Morgan fingerprint density at radius 2 is 1.90 bits per heavy atom. The third-order valence-electron chi connectivity index (χ3n) is 3.45. The molecule has 0 amide bonds. The minimum Gasteiger partial charge on any atom is -0.508 e. The summed E-state index contributed by atoms with van der Waals surface area (Å²) in [4.78, 5) is 0. The quantitative estimate of drug-likeness (QED) is 0.677. The predicted molar refractivity (Wildman–Crippen MR) is 84.2 cm³/mol. The molecule has 0 spiro atoms. The van der Waals surface area contributed by atoms with Gasteiger partial charge in [-0.2, -0.15) is 5.10 Å². The minimum atomic E-state index is 0.120. The lowest BCUT2D eigenvalue weighted by Crippen LogP contribution is -2.06. The summed E-state index contributed by atoms with van der Waals surface area (Å²) < 4.78 is 0. The SMILES string of the molecule is CC(Nc1ccc(-c2ccn[nH]2)cc1)c1cccc(O)c1. The maximum atomic E-state index is 9.53. The maximum absolute atomic E-state index is 9.53. The molecule has 0 saturated carbocycles. The van der Waals surface area contributed by atoms with Crippen LogP contribution in [0.1, 0.15) is 18.5 Å². The zero-order valence-electron chi connectivity index (χ0n) is 11.7. The smallest absolute Gasteiger partial charge is 0.115 e. The summed E-state index contributed by atoms with van der Waals surface area (Å²) in [5.74, 6) is 0.288. The molecule has 0 saturated heterocycles. The van der Waals surface area contributed by atoms with Crippen molar-refractivity contribution in [3.8, 4) is 17.0 Å². The van der Waals surface area contributed by atoms with E-state index in [1.54, 1.807) is 18.3 Å². The molecular formula is C17H17N3O. The standard InChI is InChI=1S/C17H17N3O/c1-12(14-3-2-4-16(21)11-14)19-15-7-5-13(6-8-15)17-9-10-18-20-17/h2-12,19,21H,1H3,(H,18,20). The average Bonchev–Trinajstić information content (AvgIpc) is 3.02. The molecule has 4 heteroatoms. The number of hydrogen-bond acceptors (Lipinski definition) is 3. The van der Waals surface area contributed by atoms with Gasteiger partial charge >= 0.3 is 0 Å². The molecule has 2 aromatic carbocycles. The number of anilines is 1. The van der Waals surface area contributed by atoms with E-state index in [0.29, 0.717) is 0 Å². The van der Waals surface area contributed by atoms with Crippen molar-refractivity contribution in [1.29, 1.82) is 0 Å². The van der Waals surface area contributed by atoms with Crippen LogP contribution in [-0.4, -0.2) is 15.3 Å². The van der Waals surface area contributed by atoms with Gasteiger partial charge in [-0.1, -0.05) is 24.3 Å². The lowest BCUT2D eigenvalue weighted by molar-refractivity contribution is 0.474. The minimum absolute atomic E-state index is 0.120. The second kappa shape index (κ2) is 5.71. The number of nitrogens with zero attached hydrogens (tertiary/aromatic N) is 1. The van der Waals surface area contributed by atoms with E-state index >= 15 is 0 Å². The Balaban J connectivity index is 1.73. The van der Waals surface area contributed by atoms with E-state index in [4.69, 9.17) is 0 Å². The summed E-state index contributed by atoms with van der Waals surface area (Å²) in [5.41, 5.74) is 4.19. The number of aromatic hydroxyl groups is 1. The summed E-state index contributed by atoms with van der Waals surface area (Å²) in [6.45, 7) is 2.07. The molecule has 1 heterocycles. The summed E-state index contributed by atoms with van der Waals surface area (Å²) in [5, 5.41) is 19.9. The van der Waals surface area contributed by atoms with Crippen molar-refractivity contribution in [2.24, 2.45) is 0 Å². The number of H-pyrrole nitrogens is 1. The third kappa shape index (κ3) is 3.05. The van der Waals surface area contributed by atoms with Crippen LogP contribution in [0.5, 0.6) is 5.75 Å². The van der Waals surface area contributed by atoms with Crippen molar-refractivity contribution in [2.45, 2.75) is 13.0 Å². The molecule has 106 valence electrons. The largest absolute Gasteiger partial charge is 0.508 e. The van der Waals surface area contributed by atoms with Crippen LogP contribution in [0, 0.1) is 0 Å². The van der Waals surface area contributed by atoms with Gasteiger partial charge in [0.15, 0.2) is 0 Å². The summed E-state index contributed by atoms with van der Waals surface area (Å²) in [7, 11) is 0. The number of phenols is 1. The zero-order valence-corrected chi connectivity index (χ0v) is 11.7. The molecule has 3 N–H and O–H groups in total. The number of nitrogens with one attached hydrogen (secondary N) is 2. The number of phenolic OH excluding ortho intramolecular Hbond substituents is 1. The molecule has 0 fully saturated rings. The first-order valence-corrected chi connectivity index (χ1v) is 6.87. The topological polar surface area (TPSA) is 60.9 Å². The molecule has 0 radical (unpaired) electrons. The van der Waals surface area contributed by atoms with E-state index < -0.39 is 0 Å². The van der Waals surface area contributed by atoms with Gasteiger partial charge in [0.05, 0.1) is 5.69 Å². The fourth-order valence-corrected chi connectivity index (χ4v) is 2.29. The number of hydrogen-bond donors (Lipinski definition) is 3. The van der Waals surface area contributed by atoms with Gasteiger partial charge < -0.3 is 10.4 Å². The molecule has 21 heavy (non-hydrogen) atoms. The molecular weight excluding hydrogens is 262 g/mol. The Hall–Kier alpha value is -2.75. The van der Waals surface area contributed by atoms with E-state index in [1.165, 1.54) is 0 Å². The van der Waals surface area contributed by atoms with Crippen molar-refractivity contribution in [1.82, 2.24) is 10.2 Å². The Bertz CT molecular complexity index is 705. The first-order valence-electron chi connectivity index (χ1n) is 6.87. The molecule has 1 unspecified atom stereocenters. The summed E-state index contributed by atoms with van der Waals surface area (Å²) in [6.07, 6.45) is 1.74. The first-order chi connectivity index (χ1) is 10.2. The predicted octanol–water partition coefficient (Wildman–Crippen LogP) is 3.96. The van der Waals surface area contributed by atoms with Crippen LogP contribution in [0.2, 0.25) is 0 Å². The third-order valence-corrected chi connectivity index (χ3v) is 3.45. The van der Waals surface area contributed by atoms with Crippen LogP contribution >= 0.6 is 0 Å². The molecule has 1 atom stereocenters. The van der Waals surface area contributed by atoms with Gasteiger partial charge in [-0.25, -0.2) is 0 Å². The van der Waals surface area contributed by atoms with Crippen LogP contribution in [0.15, 0.2) is 60.8 Å². The zero-order chi connectivity index (χ0) is 14.7. The highest BCUT2D eigenvalue weighted by Crippen LogP contribution is 2.24. The lowest BCUT2D eigenvalue weighted by atomic mass is 10.1. The van der Waals surface area contributed by atoms with E-state index in [2.05, 4.69) is 22.4 Å². The van der Waals surface area contributed by atoms with E-state index in [0.717, 1.165) is 22.5 Å². The van der Waals surface area contributed by atoms with Gasteiger partial charge in [-0.15, -0.1) is 0 Å². The number of aromatic nitrogens is 2. The Morgan fingerprint density at radius 3 is 2.57 bits per heavy atom. The van der Waals surface area contributed by atoms with Gasteiger partial charge in [0.2, 0.25) is 0 Å². The van der Waals surface area contributed by atoms with Gasteiger partial charge in [0.1, 0.15) is 5.75 Å². The molecule has 0 bridgehead atoms.